The van der Waals surface area contributed by atoms with Crippen molar-refractivity contribution < 1.29 is 39.6 Å². The zero-order valence-electron chi connectivity index (χ0n) is 18.7. The molecule has 0 saturated carbocycles. The van der Waals surface area contributed by atoms with Crippen LogP contribution in [0, 0.1) is 11.6 Å². The molecule has 37 heavy (non-hydrogen) atoms. The van der Waals surface area contributed by atoms with E-state index in [0.717, 1.165) is 36.5 Å². The summed E-state index contributed by atoms with van der Waals surface area (Å²) in [6.07, 6.45) is -5.54. The van der Waals surface area contributed by atoms with E-state index < -0.39 is 51.6 Å². The summed E-state index contributed by atoms with van der Waals surface area (Å²) in [7, 11) is -4.31. The van der Waals surface area contributed by atoms with Crippen LogP contribution in [0.25, 0.3) is 11.3 Å². The van der Waals surface area contributed by atoms with E-state index in [4.69, 9.17) is 0 Å². The molecule has 1 N–H and O–H groups in total. The quantitative estimate of drug-likeness (QED) is 0.476. The number of halogens is 6. The van der Waals surface area contributed by atoms with Gasteiger partial charge in [0.1, 0.15) is 23.8 Å². The molecule has 3 aromatic rings. The Hall–Kier alpha value is -3.52. The largest absolute Gasteiger partial charge is 0.434 e. The number of nitrogens with zero attached hydrogens (tertiary/aromatic N) is 3. The Kier molecular flexibility index (Phi) is 7.24. The number of hydrogen-bond acceptors (Lipinski definition) is 5. The molecule has 1 saturated heterocycles. The van der Waals surface area contributed by atoms with Crippen molar-refractivity contribution in [3.05, 3.63) is 77.8 Å². The molecule has 0 bridgehead atoms. The molecule has 2 heterocycles. The Balaban J connectivity index is 1.50. The molecule has 1 aromatic heterocycles. The van der Waals surface area contributed by atoms with Gasteiger partial charge in [-0.2, -0.15) is 17.5 Å². The highest BCUT2D eigenvalue weighted by molar-refractivity contribution is 7.89. The molecular weight excluding hydrogens is 526 g/mol. The molecule has 2 atom stereocenters. The minimum absolute atomic E-state index is 0.183. The zero-order valence-corrected chi connectivity index (χ0v) is 19.5. The van der Waals surface area contributed by atoms with E-state index in [-0.39, 0.29) is 41.2 Å². The number of nitrogens with one attached hydrogen (secondary N) is 1. The maximum atomic E-state index is 14.6. The van der Waals surface area contributed by atoms with Gasteiger partial charge >= 0.3 is 6.18 Å². The number of carbonyl (C=O) groups excluding carboxylic acids is 1. The van der Waals surface area contributed by atoms with E-state index in [1.54, 1.807) is 0 Å². The van der Waals surface area contributed by atoms with Crippen molar-refractivity contribution in [1.29, 1.82) is 0 Å². The number of alkyl halides is 4. The predicted octanol–water partition coefficient (Wildman–Crippen LogP) is 3.86. The molecule has 4 rings (SSSR count). The smallest absolute Gasteiger partial charge is 0.351 e. The second-order valence-corrected chi connectivity index (χ2v) is 10.0. The van der Waals surface area contributed by atoms with Crippen LogP contribution in [0.2, 0.25) is 0 Å². The van der Waals surface area contributed by atoms with Crippen molar-refractivity contribution in [3.63, 3.8) is 0 Å². The maximum Gasteiger partial charge on any atom is 0.434 e. The van der Waals surface area contributed by atoms with Gasteiger partial charge in [-0.1, -0.05) is 6.07 Å². The number of rotatable bonds is 6. The SMILES string of the molecule is O=C(NCc1ccc(F)c(-c2cnc(C(F)(F)F)cn2)c1)[C@@H]1[C@@H](F)CCN1S(=O)(=O)c1ccc(F)cc1. The van der Waals surface area contributed by atoms with Crippen molar-refractivity contribution in [2.45, 2.75) is 36.3 Å². The van der Waals surface area contributed by atoms with Crippen LogP contribution in [-0.4, -0.2) is 47.4 Å². The number of sulfonamides is 1. The lowest BCUT2D eigenvalue weighted by atomic mass is 10.1. The lowest BCUT2D eigenvalue weighted by molar-refractivity contribution is -0.141. The number of benzene rings is 2. The van der Waals surface area contributed by atoms with Gasteiger partial charge in [0, 0.05) is 18.7 Å². The monoisotopic (exact) mass is 544 g/mol. The summed E-state index contributed by atoms with van der Waals surface area (Å²) < 4.78 is 107. The summed E-state index contributed by atoms with van der Waals surface area (Å²) in [5, 5.41) is 2.41. The van der Waals surface area contributed by atoms with Crippen LogP contribution in [0.15, 0.2) is 59.8 Å². The van der Waals surface area contributed by atoms with Crippen LogP contribution in [0.1, 0.15) is 17.7 Å². The first-order valence-corrected chi connectivity index (χ1v) is 12.2. The zero-order chi connectivity index (χ0) is 27.0. The summed E-state index contributed by atoms with van der Waals surface area (Å²) in [5.41, 5.74) is -1.34. The Labute approximate surface area is 207 Å². The number of carbonyl (C=O) groups is 1. The van der Waals surface area contributed by atoms with Crippen LogP contribution in [0.4, 0.5) is 26.3 Å². The van der Waals surface area contributed by atoms with Gasteiger partial charge in [0.15, 0.2) is 5.69 Å². The Morgan fingerprint density at radius 3 is 2.38 bits per heavy atom. The highest BCUT2D eigenvalue weighted by Gasteiger charge is 2.46. The van der Waals surface area contributed by atoms with Gasteiger partial charge in [-0.15, -0.1) is 0 Å². The fourth-order valence-corrected chi connectivity index (χ4v) is 5.44. The normalized spacial score (nSPS) is 18.6. The van der Waals surface area contributed by atoms with Gasteiger partial charge in [0.05, 0.1) is 23.0 Å². The number of amides is 1. The minimum Gasteiger partial charge on any atom is -0.351 e. The Morgan fingerprint density at radius 2 is 1.76 bits per heavy atom. The highest BCUT2D eigenvalue weighted by Crippen LogP contribution is 2.30. The lowest BCUT2D eigenvalue weighted by Gasteiger charge is -2.24. The first-order valence-electron chi connectivity index (χ1n) is 10.7. The third-order valence-electron chi connectivity index (χ3n) is 5.68. The third kappa shape index (κ3) is 5.59. The Morgan fingerprint density at radius 1 is 1.05 bits per heavy atom. The van der Waals surface area contributed by atoms with Crippen LogP contribution in [0.3, 0.4) is 0 Å². The van der Waals surface area contributed by atoms with Crippen molar-refractivity contribution in [1.82, 2.24) is 19.6 Å². The van der Waals surface area contributed by atoms with Gasteiger partial charge in [-0.05, 0) is 48.4 Å². The van der Waals surface area contributed by atoms with Gasteiger partial charge in [0.2, 0.25) is 15.9 Å². The second kappa shape index (κ2) is 10.1. The summed E-state index contributed by atoms with van der Waals surface area (Å²) in [6, 6.07) is 5.71. The number of aromatic nitrogens is 2. The minimum atomic E-state index is -4.72. The van der Waals surface area contributed by atoms with Crippen molar-refractivity contribution in [3.8, 4) is 11.3 Å². The first kappa shape index (κ1) is 26.5. The molecule has 0 aliphatic carbocycles. The predicted molar refractivity (Wildman–Crippen MR) is 118 cm³/mol. The molecule has 196 valence electrons. The molecule has 1 fully saturated rings. The molecule has 0 radical (unpaired) electrons. The van der Waals surface area contributed by atoms with Crippen molar-refractivity contribution in [2.24, 2.45) is 0 Å². The average molecular weight is 544 g/mol. The van der Waals surface area contributed by atoms with Gasteiger partial charge in [-0.3, -0.25) is 9.78 Å². The second-order valence-electron chi connectivity index (χ2n) is 8.14. The van der Waals surface area contributed by atoms with E-state index in [2.05, 4.69) is 15.3 Å². The highest BCUT2D eigenvalue weighted by atomic mass is 32.2. The number of hydrogen-bond donors (Lipinski definition) is 1. The van der Waals surface area contributed by atoms with Crippen LogP contribution < -0.4 is 5.32 Å². The van der Waals surface area contributed by atoms with E-state index in [1.807, 2.05) is 0 Å². The summed E-state index contributed by atoms with van der Waals surface area (Å²) in [4.78, 5) is 19.3. The molecule has 0 spiro atoms. The van der Waals surface area contributed by atoms with Crippen LogP contribution in [0.5, 0.6) is 0 Å². The van der Waals surface area contributed by atoms with E-state index >= 15 is 0 Å². The Bertz CT molecular complexity index is 1400. The molecule has 2 aromatic carbocycles. The third-order valence-corrected chi connectivity index (χ3v) is 7.58. The molecule has 7 nitrogen and oxygen atoms in total. The molecule has 14 heteroatoms. The molecule has 1 aliphatic heterocycles. The molecule has 0 unspecified atom stereocenters. The standard InChI is InChI=1S/C23H18F6N4O3S/c24-14-2-4-15(5-3-14)37(35,36)33-8-7-18(26)21(33)22(34)32-10-13-1-6-17(25)16(9-13)19-11-31-20(12-30-19)23(27,28)29/h1-6,9,11-12,18,21H,7-8,10H2,(H,32,34)/t18-,21-/m0/s1. The van der Waals surface area contributed by atoms with Crippen LogP contribution >= 0.6 is 0 Å². The fourth-order valence-electron chi connectivity index (χ4n) is 3.82. The van der Waals surface area contributed by atoms with Gasteiger partial charge < -0.3 is 5.32 Å². The molecular formula is C23H18F6N4O3S. The van der Waals surface area contributed by atoms with E-state index in [9.17, 15) is 39.6 Å². The topological polar surface area (TPSA) is 92.3 Å². The first-order chi connectivity index (χ1) is 17.4. The molecule has 1 aliphatic rings. The molecule has 1 amide bonds. The summed E-state index contributed by atoms with van der Waals surface area (Å²) in [5.74, 6) is -2.42. The van der Waals surface area contributed by atoms with Crippen molar-refractivity contribution >= 4 is 15.9 Å². The summed E-state index contributed by atoms with van der Waals surface area (Å²) in [6.45, 7) is -0.542. The van der Waals surface area contributed by atoms with Crippen molar-refractivity contribution in [2.75, 3.05) is 6.54 Å². The average Bonchev–Trinajstić information content (AvgIpc) is 3.25. The maximum absolute atomic E-state index is 14.6. The van der Waals surface area contributed by atoms with E-state index in [1.165, 1.54) is 12.1 Å². The van der Waals surface area contributed by atoms with E-state index in [0.29, 0.717) is 10.5 Å². The van der Waals surface area contributed by atoms with Gasteiger partial charge in [0.25, 0.3) is 0 Å². The van der Waals surface area contributed by atoms with Gasteiger partial charge in [-0.25, -0.2) is 26.6 Å². The summed E-state index contributed by atoms with van der Waals surface area (Å²) >= 11 is 0. The lowest BCUT2D eigenvalue weighted by Crippen LogP contribution is -2.49. The van der Waals surface area contributed by atoms with Crippen LogP contribution in [-0.2, 0) is 27.5 Å². The fraction of sp³-hybridized carbons (Fsp3) is 0.261.